The molecule has 0 aliphatic carbocycles. The van der Waals surface area contributed by atoms with E-state index in [1.807, 2.05) is 25.1 Å². The van der Waals surface area contributed by atoms with Crippen molar-refractivity contribution in [2.24, 2.45) is 0 Å². The van der Waals surface area contributed by atoms with Crippen molar-refractivity contribution in [1.29, 1.82) is 0 Å². The zero-order valence-corrected chi connectivity index (χ0v) is 14.6. The van der Waals surface area contributed by atoms with Gasteiger partial charge >= 0.3 is 6.43 Å². The van der Waals surface area contributed by atoms with Crippen molar-refractivity contribution in [2.75, 3.05) is 4.90 Å². The molecule has 0 bridgehead atoms. The lowest BCUT2D eigenvalue weighted by atomic mass is 10.1. The lowest BCUT2D eigenvalue weighted by Crippen LogP contribution is -2.28. The molecule has 1 heterocycles. The first kappa shape index (κ1) is 18.6. The highest BCUT2D eigenvalue weighted by Gasteiger charge is 2.19. The van der Waals surface area contributed by atoms with Crippen LogP contribution >= 0.6 is 0 Å². The summed E-state index contributed by atoms with van der Waals surface area (Å²) in [5.74, 6) is -1.86. The van der Waals surface area contributed by atoms with Crippen LogP contribution in [-0.4, -0.2) is 16.1 Å². The van der Waals surface area contributed by atoms with Gasteiger partial charge in [0, 0.05) is 23.7 Å². The Morgan fingerprint density at radius 2 is 1.96 bits per heavy atom. The van der Waals surface area contributed by atoms with Gasteiger partial charge in [0.2, 0.25) is 11.8 Å². The number of anilines is 1. The van der Waals surface area contributed by atoms with E-state index in [1.165, 1.54) is 24.0 Å². The number of carbonyl (C=O) groups is 1. The molecule has 0 radical (unpaired) electrons. The number of halogens is 3. The highest BCUT2D eigenvalue weighted by Crippen LogP contribution is 2.26. The third kappa shape index (κ3) is 4.16. The summed E-state index contributed by atoms with van der Waals surface area (Å²) in [4.78, 5) is 13.5. The molecule has 0 aliphatic rings. The van der Waals surface area contributed by atoms with Gasteiger partial charge in [0.15, 0.2) is 0 Å². The number of aromatic nitrogens is 2. The quantitative estimate of drug-likeness (QED) is 0.650. The second kappa shape index (κ2) is 7.61. The standard InChI is InChI=1S/C19H16F3N3O2/c1-11-4-3-5-15(8-11)25(12(2)26)10-14-7-6-13(9-16(14)20)18-23-24-19(27-18)17(21)22/h3-9,17H,10H2,1-2H3. The molecule has 0 spiro atoms. The summed E-state index contributed by atoms with van der Waals surface area (Å²) in [5.41, 5.74) is 2.08. The summed E-state index contributed by atoms with van der Waals surface area (Å²) in [6.45, 7) is 3.32. The van der Waals surface area contributed by atoms with E-state index in [1.54, 1.807) is 6.07 Å². The summed E-state index contributed by atoms with van der Waals surface area (Å²) >= 11 is 0. The van der Waals surface area contributed by atoms with Crippen molar-refractivity contribution in [3.8, 4) is 11.5 Å². The molecule has 0 fully saturated rings. The van der Waals surface area contributed by atoms with Gasteiger partial charge in [-0.1, -0.05) is 18.2 Å². The zero-order valence-electron chi connectivity index (χ0n) is 14.6. The maximum Gasteiger partial charge on any atom is 0.314 e. The number of rotatable bonds is 5. The highest BCUT2D eigenvalue weighted by atomic mass is 19.3. The zero-order chi connectivity index (χ0) is 19.6. The smallest absolute Gasteiger partial charge is 0.314 e. The van der Waals surface area contributed by atoms with Gasteiger partial charge in [0.05, 0.1) is 6.54 Å². The van der Waals surface area contributed by atoms with Crippen LogP contribution in [0.5, 0.6) is 0 Å². The van der Waals surface area contributed by atoms with Crippen molar-refractivity contribution in [3.63, 3.8) is 0 Å². The first-order chi connectivity index (χ1) is 12.8. The fraction of sp³-hybridized carbons (Fsp3) is 0.211. The number of hydrogen-bond donors (Lipinski definition) is 0. The molecule has 140 valence electrons. The van der Waals surface area contributed by atoms with Gasteiger partial charge in [0.25, 0.3) is 5.89 Å². The molecule has 27 heavy (non-hydrogen) atoms. The summed E-state index contributed by atoms with van der Waals surface area (Å²) < 4.78 is 44.4. The van der Waals surface area contributed by atoms with Crippen LogP contribution in [-0.2, 0) is 11.3 Å². The minimum absolute atomic E-state index is 0.0248. The maximum absolute atomic E-state index is 14.5. The van der Waals surface area contributed by atoms with E-state index in [0.29, 0.717) is 5.69 Å². The van der Waals surface area contributed by atoms with Crippen molar-refractivity contribution < 1.29 is 22.4 Å². The summed E-state index contributed by atoms with van der Waals surface area (Å²) in [7, 11) is 0. The van der Waals surface area contributed by atoms with Crippen LogP contribution in [0.1, 0.15) is 30.4 Å². The number of alkyl halides is 2. The van der Waals surface area contributed by atoms with Crippen LogP contribution in [0.25, 0.3) is 11.5 Å². The van der Waals surface area contributed by atoms with Crippen LogP contribution < -0.4 is 4.90 Å². The van der Waals surface area contributed by atoms with Crippen molar-refractivity contribution in [2.45, 2.75) is 26.8 Å². The van der Waals surface area contributed by atoms with E-state index in [4.69, 9.17) is 4.42 Å². The third-order valence-electron chi connectivity index (χ3n) is 3.95. The molecule has 8 heteroatoms. The Kier molecular flexibility index (Phi) is 5.25. The molecule has 3 aromatic rings. The third-order valence-corrected chi connectivity index (χ3v) is 3.95. The number of amides is 1. The highest BCUT2D eigenvalue weighted by molar-refractivity contribution is 5.91. The van der Waals surface area contributed by atoms with E-state index in [0.717, 1.165) is 11.6 Å². The Bertz CT molecular complexity index is 972. The summed E-state index contributed by atoms with van der Waals surface area (Å²) in [6, 6.07) is 11.4. The van der Waals surface area contributed by atoms with Gasteiger partial charge in [-0.25, -0.2) is 4.39 Å². The number of carbonyl (C=O) groups excluding carboxylic acids is 1. The second-order valence-electron chi connectivity index (χ2n) is 6.00. The SMILES string of the molecule is CC(=O)N(Cc1ccc(-c2nnc(C(F)F)o2)cc1F)c1cccc(C)c1. The molecule has 3 rings (SSSR count). The van der Waals surface area contributed by atoms with Gasteiger partial charge in [-0.2, -0.15) is 8.78 Å². The minimum Gasteiger partial charge on any atom is -0.415 e. The van der Waals surface area contributed by atoms with E-state index < -0.39 is 18.1 Å². The van der Waals surface area contributed by atoms with Crippen LogP contribution in [0, 0.1) is 12.7 Å². The summed E-state index contributed by atoms with van der Waals surface area (Å²) in [6.07, 6.45) is -2.89. The molecular weight excluding hydrogens is 359 g/mol. The molecule has 2 aromatic carbocycles. The minimum atomic E-state index is -2.89. The Hall–Kier alpha value is -3.16. The average molecular weight is 375 g/mol. The van der Waals surface area contributed by atoms with Gasteiger partial charge in [-0.3, -0.25) is 4.79 Å². The fourth-order valence-corrected chi connectivity index (χ4v) is 2.60. The predicted molar refractivity (Wildman–Crippen MR) is 92.7 cm³/mol. The Morgan fingerprint density at radius 3 is 2.56 bits per heavy atom. The molecule has 0 saturated carbocycles. The van der Waals surface area contributed by atoms with Crippen LogP contribution in [0.15, 0.2) is 46.9 Å². The predicted octanol–water partition coefficient (Wildman–Crippen LogP) is 4.67. The average Bonchev–Trinajstić information content (AvgIpc) is 3.10. The van der Waals surface area contributed by atoms with Crippen molar-refractivity contribution >= 4 is 11.6 Å². The molecule has 1 aromatic heterocycles. The lowest BCUT2D eigenvalue weighted by molar-refractivity contribution is -0.116. The Labute approximate surface area is 153 Å². The molecule has 1 amide bonds. The Morgan fingerprint density at radius 1 is 1.19 bits per heavy atom. The molecule has 0 unspecified atom stereocenters. The largest absolute Gasteiger partial charge is 0.415 e. The molecule has 0 saturated heterocycles. The second-order valence-corrected chi connectivity index (χ2v) is 6.00. The lowest BCUT2D eigenvalue weighted by Gasteiger charge is -2.22. The van der Waals surface area contributed by atoms with Crippen LogP contribution in [0.3, 0.4) is 0 Å². The van der Waals surface area contributed by atoms with E-state index >= 15 is 0 Å². The molecule has 5 nitrogen and oxygen atoms in total. The number of nitrogens with zero attached hydrogens (tertiary/aromatic N) is 3. The number of aryl methyl sites for hydroxylation is 1. The van der Waals surface area contributed by atoms with E-state index in [-0.39, 0.29) is 29.5 Å². The van der Waals surface area contributed by atoms with Crippen molar-refractivity contribution in [3.05, 3.63) is 65.3 Å². The molecule has 0 N–H and O–H groups in total. The number of hydrogen-bond acceptors (Lipinski definition) is 4. The van der Waals surface area contributed by atoms with Crippen LogP contribution in [0.4, 0.5) is 18.9 Å². The van der Waals surface area contributed by atoms with Gasteiger partial charge < -0.3 is 9.32 Å². The fourth-order valence-electron chi connectivity index (χ4n) is 2.60. The van der Waals surface area contributed by atoms with E-state index in [2.05, 4.69) is 10.2 Å². The monoisotopic (exact) mass is 375 g/mol. The maximum atomic E-state index is 14.5. The first-order valence-corrected chi connectivity index (χ1v) is 8.10. The normalized spacial score (nSPS) is 11.0. The van der Waals surface area contributed by atoms with E-state index in [9.17, 15) is 18.0 Å². The summed E-state index contributed by atoms with van der Waals surface area (Å²) in [5, 5.41) is 6.72. The Balaban J connectivity index is 1.87. The first-order valence-electron chi connectivity index (χ1n) is 8.10. The number of benzene rings is 2. The van der Waals surface area contributed by atoms with Gasteiger partial charge in [-0.15, -0.1) is 10.2 Å². The molecule has 0 atom stereocenters. The van der Waals surface area contributed by atoms with Gasteiger partial charge in [-0.05, 0) is 36.8 Å². The molecular formula is C19H16F3N3O2. The topological polar surface area (TPSA) is 59.2 Å². The van der Waals surface area contributed by atoms with Crippen LogP contribution in [0.2, 0.25) is 0 Å². The van der Waals surface area contributed by atoms with Crippen molar-refractivity contribution in [1.82, 2.24) is 10.2 Å². The van der Waals surface area contributed by atoms with Gasteiger partial charge in [0.1, 0.15) is 5.82 Å². The molecule has 0 aliphatic heterocycles.